The summed E-state index contributed by atoms with van der Waals surface area (Å²) in [4.78, 5) is 2.53. The Balaban J connectivity index is 4.07. The molecule has 0 fully saturated rings. The van der Waals surface area contributed by atoms with Gasteiger partial charge in [0.05, 0.1) is 0 Å². The Morgan fingerprint density at radius 2 is 1.79 bits per heavy atom. The van der Waals surface area contributed by atoms with Gasteiger partial charge in [-0.2, -0.15) is 0 Å². The summed E-state index contributed by atoms with van der Waals surface area (Å²) in [5, 5.41) is 11.9. The predicted octanol–water partition coefficient (Wildman–Crippen LogP) is 3.30. The lowest BCUT2D eigenvalue weighted by molar-refractivity contribution is 0.191. The van der Waals surface area contributed by atoms with E-state index in [9.17, 15) is 0 Å². The van der Waals surface area contributed by atoms with E-state index in [1.165, 1.54) is 0 Å². The van der Waals surface area contributed by atoms with Crippen molar-refractivity contribution >= 4 is 5.84 Å². The van der Waals surface area contributed by atoms with Gasteiger partial charge in [-0.15, -0.1) is 0 Å². The summed E-state index contributed by atoms with van der Waals surface area (Å²) in [6, 6.07) is 0.597. The Kier molecular flexibility index (Phi) is 8.07. The topological polar surface area (TPSA) is 61.8 Å². The predicted molar refractivity (Wildman–Crippen MR) is 82.6 cm³/mol. The minimum Gasteiger partial charge on any atom is -0.409 e. The van der Waals surface area contributed by atoms with Crippen molar-refractivity contribution in [1.82, 2.24) is 4.90 Å². The first-order valence-corrected chi connectivity index (χ1v) is 7.42. The largest absolute Gasteiger partial charge is 0.409 e. The van der Waals surface area contributed by atoms with Gasteiger partial charge in [0.1, 0.15) is 5.84 Å². The average Bonchev–Trinajstić information content (AvgIpc) is 2.31. The molecule has 0 unspecified atom stereocenters. The maximum atomic E-state index is 8.74. The van der Waals surface area contributed by atoms with Crippen LogP contribution in [0.2, 0.25) is 0 Å². The maximum Gasteiger partial charge on any atom is 0.144 e. The van der Waals surface area contributed by atoms with E-state index in [0.29, 0.717) is 17.8 Å². The van der Waals surface area contributed by atoms with Crippen LogP contribution in [0.25, 0.3) is 0 Å². The van der Waals surface area contributed by atoms with Crippen molar-refractivity contribution in [3.63, 3.8) is 0 Å². The number of hydrogen-bond donors (Lipinski definition) is 2. The van der Waals surface area contributed by atoms with Crippen molar-refractivity contribution in [1.29, 1.82) is 0 Å². The van der Waals surface area contributed by atoms with E-state index in [4.69, 9.17) is 10.9 Å². The van der Waals surface area contributed by atoms with E-state index in [1.807, 2.05) is 13.8 Å². The van der Waals surface area contributed by atoms with E-state index >= 15 is 0 Å². The molecule has 0 aromatic rings. The van der Waals surface area contributed by atoms with Crippen molar-refractivity contribution in [2.24, 2.45) is 22.2 Å². The van der Waals surface area contributed by atoms with Crippen LogP contribution in [0.3, 0.4) is 0 Å². The van der Waals surface area contributed by atoms with Gasteiger partial charge in [0.15, 0.2) is 0 Å². The van der Waals surface area contributed by atoms with Gasteiger partial charge >= 0.3 is 0 Å². The molecule has 0 rings (SSSR count). The molecule has 0 radical (unpaired) electrons. The second-order valence-electron chi connectivity index (χ2n) is 6.81. The van der Waals surface area contributed by atoms with Crippen LogP contribution in [-0.2, 0) is 0 Å². The summed E-state index contributed by atoms with van der Waals surface area (Å²) in [5.41, 5.74) is 5.48. The van der Waals surface area contributed by atoms with Crippen molar-refractivity contribution in [3.05, 3.63) is 0 Å². The molecule has 0 aromatic heterocycles. The Labute approximate surface area is 119 Å². The smallest absolute Gasteiger partial charge is 0.144 e. The molecule has 4 nitrogen and oxygen atoms in total. The summed E-state index contributed by atoms with van der Waals surface area (Å²) in [5.74, 6) is 1.03. The summed E-state index contributed by atoms with van der Waals surface area (Å²) >= 11 is 0. The molecule has 114 valence electrons. The molecule has 0 aliphatic carbocycles. The molecule has 3 N–H and O–H groups in total. The van der Waals surface area contributed by atoms with Crippen LogP contribution in [0.1, 0.15) is 60.8 Å². The molecule has 0 aliphatic rings. The summed E-state index contributed by atoms with van der Waals surface area (Å²) in [7, 11) is 0. The van der Waals surface area contributed by atoms with Crippen LogP contribution >= 0.6 is 0 Å². The van der Waals surface area contributed by atoms with Gasteiger partial charge in [-0.3, -0.25) is 0 Å². The second kappa shape index (κ2) is 8.41. The molecule has 0 saturated heterocycles. The molecule has 0 amide bonds. The molecule has 0 bridgehead atoms. The van der Waals surface area contributed by atoms with Gasteiger partial charge in [-0.05, 0) is 39.2 Å². The zero-order valence-corrected chi connectivity index (χ0v) is 13.6. The maximum absolute atomic E-state index is 8.74. The first kappa shape index (κ1) is 18.2. The summed E-state index contributed by atoms with van der Waals surface area (Å²) in [6.45, 7) is 15.4. The van der Waals surface area contributed by atoms with Crippen molar-refractivity contribution in [2.75, 3.05) is 13.1 Å². The second-order valence-corrected chi connectivity index (χ2v) is 6.81. The zero-order valence-electron chi connectivity index (χ0n) is 13.6. The third-order valence-corrected chi connectivity index (χ3v) is 3.63. The number of unbranched alkanes of at least 4 members (excludes halogenated alkanes) is 1. The molecule has 19 heavy (non-hydrogen) atoms. The molecule has 0 heterocycles. The first-order valence-electron chi connectivity index (χ1n) is 7.42. The Hall–Kier alpha value is -0.770. The molecule has 0 aromatic carbocycles. The minimum atomic E-state index is -0.213. The van der Waals surface area contributed by atoms with Crippen LogP contribution in [-0.4, -0.2) is 35.1 Å². The lowest BCUT2D eigenvalue weighted by atomic mass is 9.86. The van der Waals surface area contributed by atoms with Gasteiger partial charge in [-0.25, -0.2) is 0 Å². The van der Waals surface area contributed by atoms with Gasteiger partial charge in [0.2, 0.25) is 0 Å². The van der Waals surface area contributed by atoms with Crippen LogP contribution in [0, 0.1) is 11.3 Å². The standard InChI is InChI=1S/C15H33N3O/c1-12(2)11-18(13(3)4)10-8-7-9-15(5,6)14(16)17-19/h12-13,19H,7-11H2,1-6H3,(H2,16,17). The fourth-order valence-corrected chi connectivity index (χ4v) is 2.17. The highest BCUT2D eigenvalue weighted by Crippen LogP contribution is 2.23. The Bertz CT molecular complexity index is 273. The van der Waals surface area contributed by atoms with E-state index in [-0.39, 0.29) is 5.41 Å². The van der Waals surface area contributed by atoms with Crippen molar-refractivity contribution in [3.8, 4) is 0 Å². The van der Waals surface area contributed by atoms with E-state index in [0.717, 1.165) is 32.4 Å². The fourth-order valence-electron chi connectivity index (χ4n) is 2.17. The lowest BCUT2D eigenvalue weighted by Gasteiger charge is -2.29. The summed E-state index contributed by atoms with van der Waals surface area (Å²) in [6.07, 6.45) is 3.22. The van der Waals surface area contributed by atoms with Crippen LogP contribution < -0.4 is 5.73 Å². The SMILES string of the molecule is CC(C)CN(CCCCC(C)(C)C(N)=NO)C(C)C. The molecule has 0 saturated carbocycles. The Morgan fingerprint density at radius 1 is 1.21 bits per heavy atom. The fraction of sp³-hybridized carbons (Fsp3) is 0.933. The van der Waals surface area contributed by atoms with Gasteiger partial charge in [-0.1, -0.05) is 39.3 Å². The third kappa shape index (κ3) is 7.41. The Morgan fingerprint density at radius 3 is 2.21 bits per heavy atom. The number of amidine groups is 1. The van der Waals surface area contributed by atoms with Crippen LogP contribution in [0.5, 0.6) is 0 Å². The van der Waals surface area contributed by atoms with Gasteiger partial charge in [0.25, 0.3) is 0 Å². The number of oxime groups is 1. The number of hydrogen-bond acceptors (Lipinski definition) is 3. The van der Waals surface area contributed by atoms with Gasteiger partial charge in [0, 0.05) is 18.0 Å². The molecule has 0 spiro atoms. The average molecular weight is 271 g/mol. The van der Waals surface area contributed by atoms with E-state index in [2.05, 4.69) is 37.8 Å². The monoisotopic (exact) mass is 271 g/mol. The van der Waals surface area contributed by atoms with Crippen LogP contribution in [0.4, 0.5) is 0 Å². The minimum absolute atomic E-state index is 0.213. The molecular weight excluding hydrogens is 238 g/mol. The molecule has 0 atom stereocenters. The van der Waals surface area contributed by atoms with Crippen molar-refractivity contribution < 1.29 is 5.21 Å². The normalized spacial score (nSPS) is 13.8. The van der Waals surface area contributed by atoms with E-state index < -0.39 is 0 Å². The van der Waals surface area contributed by atoms with Crippen molar-refractivity contribution in [2.45, 2.75) is 66.8 Å². The van der Waals surface area contributed by atoms with E-state index in [1.54, 1.807) is 0 Å². The highest BCUT2D eigenvalue weighted by Gasteiger charge is 2.23. The van der Waals surface area contributed by atoms with Gasteiger partial charge < -0.3 is 15.8 Å². The first-order chi connectivity index (χ1) is 8.70. The highest BCUT2D eigenvalue weighted by molar-refractivity contribution is 5.85. The number of nitrogens with two attached hydrogens (primary N) is 1. The zero-order chi connectivity index (χ0) is 15.1. The van der Waals surface area contributed by atoms with Crippen LogP contribution in [0.15, 0.2) is 5.16 Å². The summed E-state index contributed by atoms with van der Waals surface area (Å²) < 4.78 is 0. The molecule has 0 aliphatic heterocycles. The molecular formula is C15H33N3O. The lowest BCUT2D eigenvalue weighted by Crippen LogP contribution is -2.35. The number of rotatable bonds is 9. The number of nitrogens with zero attached hydrogens (tertiary/aromatic N) is 2. The third-order valence-electron chi connectivity index (χ3n) is 3.63. The highest BCUT2D eigenvalue weighted by atomic mass is 16.4. The molecule has 4 heteroatoms. The quantitative estimate of drug-likeness (QED) is 0.222.